The highest BCUT2D eigenvalue weighted by molar-refractivity contribution is 9.10. The SMILES string of the molecule is COc1cc(/C=C\c2cc(Br)c(OC)c(N/C=C\C(=O)c3ccc(C(F)(F)F)cc3)c2)cc(OC)c1OC. The molecule has 200 valence electrons. The molecule has 3 aromatic rings. The Balaban J connectivity index is 1.82. The summed E-state index contributed by atoms with van der Waals surface area (Å²) in [5, 5.41) is 3.00. The number of methoxy groups -OCH3 is 4. The molecule has 0 radical (unpaired) electrons. The number of hydrogen-bond acceptors (Lipinski definition) is 6. The molecule has 38 heavy (non-hydrogen) atoms. The molecule has 0 aliphatic heterocycles. The van der Waals surface area contributed by atoms with Crippen molar-refractivity contribution >= 4 is 39.6 Å². The van der Waals surface area contributed by atoms with Crippen molar-refractivity contribution < 1.29 is 36.9 Å². The molecule has 0 bridgehead atoms. The maximum absolute atomic E-state index is 12.8. The number of carbonyl (C=O) groups excluding carboxylic acids is 1. The van der Waals surface area contributed by atoms with Gasteiger partial charge in [-0.1, -0.05) is 24.3 Å². The van der Waals surface area contributed by atoms with Gasteiger partial charge in [-0.3, -0.25) is 4.79 Å². The lowest BCUT2D eigenvalue weighted by Gasteiger charge is -2.13. The van der Waals surface area contributed by atoms with Gasteiger partial charge in [-0.15, -0.1) is 0 Å². The molecule has 0 saturated carbocycles. The largest absolute Gasteiger partial charge is 0.493 e. The van der Waals surface area contributed by atoms with Crippen LogP contribution in [0.3, 0.4) is 0 Å². The number of alkyl halides is 3. The zero-order chi connectivity index (χ0) is 27.9. The Morgan fingerprint density at radius 1 is 0.816 bits per heavy atom. The zero-order valence-electron chi connectivity index (χ0n) is 21.0. The van der Waals surface area contributed by atoms with E-state index in [4.69, 9.17) is 18.9 Å². The number of nitrogens with one attached hydrogen (secondary N) is 1. The Bertz CT molecular complexity index is 1330. The summed E-state index contributed by atoms with van der Waals surface area (Å²) < 4.78 is 60.5. The van der Waals surface area contributed by atoms with E-state index < -0.39 is 17.5 Å². The standard InChI is InChI=1S/C28H25BrF3NO5/c1-35-24-15-18(16-25(36-2)27(24)38-4)6-5-17-13-21(29)26(37-3)22(14-17)33-12-11-23(34)19-7-9-20(10-8-19)28(30,31)32/h5-16,33H,1-4H3/b6-5-,12-11-. The van der Waals surface area contributed by atoms with Crippen LogP contribution in [0, 0.1) is 0 Å². The fourth-order valence-corrected chi connectivity index (χ4v) is 4.18. The summed E-state index contributed by atoms with van der Waals surface area (Å²) in [7, 11) is 6.12. The highest BCUT2D eigenvalue weighted by atomic mass is 79.9. The number of allylic oxidation sites excluding steroid dienone is 1. The minimum Gasteiger partial charge on any atom is -0.493 e. The van der Waals surface area contributed by atoms with Crippen LogP contribution in [0.15, 0.2) is 65.3 Å². The van der Waals surface area contributed by atoms with E-state index in [2.05, 4.69) is 21.2 Å². The normalized spacial score (nSPS) is 11.6. The van der Waals surface area contributed by atoms with E-state index in [1.807, 2.05) is 36.4 Å². The first-order valence-electron chi connectivity index (χ1n) is 11.1. The second-order valence-corrected chi connectivity index (χ2v) is 8.65. The molecule has 3 aromatic carbocycles. The number of ketones is 1. The fourth-order valence-electron chi connectivity index (χ4n) is 3.54. The lowest BCUT2D eigenvalue weighted by atomic mass is 10.1. The molecular weight excluding hydrogens is 567 g/mol. The average molecular weight is 592 g/mol. The van der Waals surface area contributed by atoms with Crippen molar-refractivity contribution in [2.24, 2.45) is 0 Å². The number of anilines is 1. The van der Waals surface area contributed by atoms with Gasteiger partial charge >= 0.3 is 6.18 Å². The van der Waals surface area contributed by atoms with Crippen molar-refractivity contribution in [1.29, 1.82) is 0 Å². The number of halogens is 4. The Morgan fingerprint density at radius 2 is 1.37 bits per heavy atom. The molecule has 6 nitrogen and oxygen atoms in total. The van der Waals surface area contributed by atoms with Crippen LogP contribution in [0.2, 0.25) is 0 Å². The molecular formula is C28H25BrF3NO5. The van der Waals surface area contributed by atoms with E-state index in [1.165, 1.54) is 26.5 Å². The lowest BCUT2D eigenvalue weighted by Crippen LogP contribution is -2.05. The predicted molar refractivity (Wildman–Crippen MR) is 144 cm³/mol. The minimum atomic E-state index is -4.46. The van der Waals surface area contributed by atoms with Crippen molar-refractivity contribution in [3.05, 3.63) is 87.5 Å². The van der Waals surface area contributed by atoms with Crippen LogP contribution in [0.25, 0.3) is 12.2 Å². The van der Waals surface area contributed by atoms with Gasteiger partial charge in [-0.05, 0) is 63.5 Å². The van der Waals surface area contributed by atoms with Crippen molar-refractivity contribution in [2.75, 3.05) is 33.8 Å². The first-order valence-corrected chi connectivity index (χ1v) is 11.9. The van der Waals surface area contributed by atoms with Crippen molar-refractivity contribution in [2.45, 2.75) is 6.18 Å². The Kier molecular flexibility index (Phi) is 9.46. The van der Waals surface area contributed by atoms with Crippen LogP contribution in [0.1, 0.15) is 27.0 Å². The maximum atomic E-state index is 12.8. The van der Waals surface area contributed by atoms with Crippen LogP contribution in [-0.4, -0.2) is 34.2 Å². The molecule has 0 aliphatic carbocycles. The van der Waals surface area contributed by atoms with Crippen LogP contribution in [0.5, 0.6) is 23.0 Å². The van der Waals surface area contributed by atoms with Crippen LogP contribution in [-0.2, 0) is 6.18 Å². The van der Waals surface area contributed by atoms with E-state index in [1.54, 1.807) is 14.2 Å². The van der Waals surface area contributed by atoms with Crippen LogP contribution < -0.4 is 24.3 Å². The molecule has 0 aliphatic rings. The molecule has 0 atom stereocenters. The summed E-state index contributed by atoms with van der Waals surface area (Å²) in [6, 6.07) is 11.3. The third-order valence-corrected chi connectivity index (χ3v) is 5.98. The first-order chi connectivity index (χ1) is 18.1. The van der Waals surface area contributed by atoms with E-state index in [0.29, 0.717) is 33.2 Å². The summed E-state index contributed by atoms with van der Waals surface area (Å²) in [5.41, 5.74) is 1.48. The first kappa shape index (κ1) is 28.6. The summed E-state index contributed by atoms with van der Waals surface area (Å²) in [6.45, 7) is 0. The quantitative estimate of drug-likeness (QED) is 0.150. The second kappa shape index (κ2) is 12.6. The van der Waals surface area contributed by atoms with E-state index >= 15 is 0 Å². The molecule has 10 heteroatoms. The second-order valence-electron chi connectivity index (χ2n) is 7.79. The van der Waals surface area contributed by atoms with Gasteiger partial charge < -0.3 is 24.3 Å². The lowest BCUT2D eigenvalue weighted by molar-refractivity contribution is -0.137. The van der Waals surface area contributed by atoms with Gasteiger partial charge in [0.2, 0.25) is 5.75 Å². The summed E-state index contributed by atoms with van der Waals surface area (Å²) in [6.07, 6.45) is 1.90. The molecule has 0 spiro atoms. The molecule has 0 heterocycles. The van der Waals surface area contributed by atoms with Gasteiger partial charge in [0, 0.05) is 17.8 Å². The highest BCUT2D eigenvalue weighted by Gasteiger charge is 2.30. The summed E-state index contributed by atoms with van der Waals surface area (Å²) >= 11 is 3.49. The molecule has 0 saturated heterocycles. The highest BCUT2D eigenvalue weighted by Crippen LogP contribution is 2.39. The van der Waals surface area contributed by atoms with Crippen LogP contribution >= 0.6 is 15.9 Å². The van der Waals surface area contributed by atoms with Crippen LogP contribution in [0.4, 0.5) is 18.9 Å². The van der Waals surface area contributed by atoms with Gasteiger partial charge in [0.1, 0.15) is 0 Å². The van der Waals surface area contributed by atoms with Gasteiger partial charge in [-0.2, -0.15) is 13.2 Å². The number of carbonyl (C=O) groups is 1. The number of hydrogen-bond donors (Lipinski definition) is 1. The number of ether oxygens (including phenoxy) is 4. The Hall–Kier alpha value is -3.92. The van der Waals surface area contributed by atoms with Crippen molar-refractivity contribution in [3.8, 4) is 23.0 Å². The maximum Gasteiger partial charge on any atom is 0.416 e. The Morgan fingerprint density at radius 3 is 1.87 bits per heavy atom. The van der Waals surface area contributed by atoms with Gasteiger partial charge in [0.25, 0.3) is 0 Å². The topological polar surface area (TPSA) is 66.0 Å². The summed E-state index contributed by atoms with van der Waals surface area (Å²) in [5.74, 6) is 1.58. The fraction of sp³-hybridized carbons (Fsp3) is 0.179. The van der Waals surface area contributed by atoms with Crippen molar-refractivity contribution in [3.63, 3.8) is 0 Å². The van der Waals surface area contributed by atoms with Gasteiger partial charge in [-0.25, -0.2) is 0 Å². The third kappa shape index (κ3) is 6.89. The van der Waals surface area contributed by atoms with Gasteiger partial charge in [0.15, 0.2) is 23.0 Å². The minimum absolute atomic E-state index is 0.131. The molecule has 0 aromatic heterocycles. The predicted octanol–water partition coefficient (Wildman–Crippen LogP) is 7.48. The molecule has 0 unspecified atom stereocenters. The van der Waals surface area contributed by atoms with Crippen molar-refractivity contribution in [1.82, 2.24) is 0 Å². The van der Waals surface area contributed by atoms with E-state index in [9.17, 15) is 18.0 Å². The van der Waals surface area contributed by atoms with Gasteiger partial charge in [0.05, 0.1) is 44.2 Å². The number of benzene rings is 3. The smallest absolute Gasteiger partial charge is 0.416 e. The number of rotatable bonds is 10. The zero-order valence-corrected chi connectivity index (χ0v) is 22.6. The molecule has 3 rings (SSSR count). The summed E-state index contributed by atoms with van der Waals surface area (Å²) in [4.78, 5) is 12.4. The molecule has 0 amide bonds. The molecule has 1 N–H and O–H groups in total. The average Bonchev–Trinajstić information content (AvgIpc) is 2.90. The molecule has 0 fully saturated rings. The monoisotopic (exact) mass is 591 g/mol. The van der Waals surface area contributed by atoms with E-state index in [-0.39, 0.29) is 5.56 Å². The third-order valence-electron chi connectivity index (χ3n) is 5.40. The Labute approximate surface area is 226 Å². The van der Waals surface area contributed by atoms with E-state index in [0.717, 1.165) is 35.4 Å².